The van der Waals surface area contributed by atoms with E-state index in [-0.39, 0.29) is 11.7 Å². The number of aliphatic imine (C=N–C) groups is 1. The Balaban J connectivity index is 1.76. The monoisotopic (exact) mass is 353 g/mol. The van der Waals surface area contributed by atoms with Gasteiger partial charge in [0.05, 0.1) is 18.6 Å². The van der Waals surface area contributed by atoms with Crippen molar-refractivity contribution in [3.05, 3.63) is 29.3 Å². The highest BCUT2D eigenvalue weighted by Gasteiger charge is 2.27. The molecule has 1 saturated heterocycles. The Morgan fingerprint density at radius 1 is 1.38 bits per heavy atom. The van der Waals surface area contributed by atoms with Crippen LogP contribution < -0.4 is 15.4 Å². The summed E-state index contributed by atoms with van der Waals surface area (Å²) in [6.07, 6.45) is 1.59. The molecule has 1 aromatic carbocycles. The number of aryl methyl sites for hydroxylation is 1. The molecule has 1 aromatic rings. The summed E-state index contributed by atoms with van der Waals surface area (Å²) in [4.78, 5) is 4.18. The molecule has 0 bridgehead atoms. The molecule has 24 heavy (non-hydrogen) atoms. The van der Waals surface area contributed by atoms with E-state index in [0.29, 0.717) is 18.3 Å². The molecular weight excluding hydrogens is 326 g/mol. The van der Waals surface area contributed by atoms with E-state index in [1.807, 2.05) is 6.92 Å². The van der Waals surface area contributed by atoms with Gasteiger partial charge in [-0.1, -0.05) is 12.1 Å². The molecule has 134 valence electrons. The number of rotatable bonds is 6. The van der Waals surface area contributed by atoms with E-state index in [2.05, 4.69) is 33.8 Å². The van der Waals surface area contributed by atoms with Crippen LogP contribution in [-0.4, -0.2) is 53.1 Å². The fourth-order valence-electron chi connectivity index (χ4n) is 2.84. The lowest BCUT2D eigenvalue weighted by atomic mass is 10.1. The number of hydrogen-bond donors (Lipinski definition) is 2. The van der Waals surface area contributed by atoms with Crippen LogP contribution in [0.15, 0.2) is 23.2 Å². The summed E-state index contributed by atoms with van der Waals surface area (Å²) in [6, 6.07) is 6.21. The molecule has 0 amide bonds. The number of hydrogen-bond acceptors (Lipinski definition) is 4. The number of nitrogens with zero attached hydrogens (tertiary/aromatic N) is 1. The van der Waals surface area contributed by atoms with Gasteiger partial charge in [-0.3, -0.25) is 4.99 Å². The van der Waals surface area contributed by atoms with Crippen molar-refractivity contribution in [3.8, 4) is 5.75 Å². The van der Waals surface area contributed by atoms with Crippen molar-refractivity contribution >= 4 is 15.8 Å². The zero-order valence-electron chi connectivity index (χ0n) is 14.6. The highest BCUT2D eigenvalue weighted by Crippen LogP contribution is 2.19. The van der Waals surface area contributed by atoms with Gasteiger partial charge in [0, 0.05) is 20.1 Å². The Morgan fingerprint density at radius 3 is 2.79 bits per heavy atom. The summed E-state index contributed by atoms with van der Waals surface area (Å²) in [7, 11) is 0.572. The van der Waals surface area contributed by atoms with Crippen molar-refractivity contribution in [1.82, 2.24) is 10.6 Å². The third-order valence-electron chi connectivity index (χ3n) is 4.29. The fraction of sp³-hybridized carbons (Fsp3) is 0.588. The first-order chi connectivity index (χ1) is 11.4. The van der Waals surface area contributed by atoms with Crippen LogP contribution >= 0.6 is 0 Å². The van der Waals surface area contributed by atoms with Crippen molar-refractivity contribution in [1.29, 1.82) is 0 Å². The Bertz CT molecular complexity index is 686. The Hall–Kier alpha value is -1.76. The topological polar surface area (TPSA) is 79.8 Å². The lowest BCUT2D eigenvalue weighted by Gasteiger charge is -2.15. The van der Waals surface area contributed by atoms with E-state index in [9.17, 15) is 8.42 Å². The molecule has 1 atom stereocenters. The summed E-state index contributed by atoms with van der Waals surface area (Å²) in [5, 5.41) is 6.48. The molecule has 0 aliphatic carbocycles. The molecule has 0 saturated carbocycles. The molecule has 7 heteroatoms. The van der Waals surface area contributed by atoms with Crippen LogP contribution in [0.1, 0.15) is 17.5 Å². The SMILES string of the molecule is CN=C(NCCc1ccc(C)c(OC)c1)NCC1CCS(=O)(=O)C1. The highest BCUT2D eigenvalue weighted by atomic mass is 32.2. The van der Waals surface area contributed by atoms with Gasteiger partial charge < -0.3 is 15.4 Å². The number of nitrogens with one attached hydrogen (secondary N) is 2. The van der Waals surface area contributed by atoms with E-state index in [4.69, 9.17) is 4.74 Å². The van der Waals surface area contributed by atoms with Crippen molar-refractivity contribution in [2.45, 2.75) is 19.8 Å². The Morgan fingerprint density at radius 2 is 2.17 bits per heavy atom. The van der Waals surface area contributed by atoms with E-state index >= 15 is 0 Å². The van der Waals surface area contributed by atoms with Gasteiger partial charge in [-0.05, 0) is 42.9 Å². The smallest absolute Gasteiger partial charge is 0.190 e. The lowest BCUT2D eigenvalue weighted by molar-refractivity contribution is 0.411. The molecule has 1 aliphatic rings. The van der Waals surface area contributed by atoms with Gasteiger partial charge in [0.15, 0.2) is 15.8 Å². The van der Waals surface area contributed by atoms with E-state index in [1.165, 1.54) is 5.56 Å². The minimum Gasteiger partial charge on any atom is -0.496 e. The van der Waals surface area contributed by atoms with Crippen molar-refractivity contribution in [2.24, 2.45) is 10.9 Å². The molecule has 0 aromatic heterocycles. The molecule has 1 aliphatic heterocycles. The van der Waals surface area contributed by atoms with Crippen LogP contribution in [0.4, 0.5) is 0 Å². The summed E-state index contributed by atoms with van der Waals surface area (Å²) < 4.78 is 28.3. The van der Waals surface area contributed by atoms with E-state index < -0.39 is 9.84 Å². The Labute approximate surface area is 144 Å². The van der Waals surface area contributed by atoms with E-state index in [0.717, 1.165) is 30.7 Å². The van der Waals surface area contributed by atoms with Gasteiger partial charge in [0.1, 0.15) is 5.75 Å². The summed E-state index contributed by atoms with van der Waals surface area (Å²) in [6.45, 7) is 3.40. The van der Waals surface area contributed by atoms with E-state index in [1.54, 1.807) is 14.2 Å². The van der Waals surface area contributed by atoms with Gasteiger partial charge in [-0.15, -0.1) is 0 Å². The van der Waals surface area contributed by atoms with Gasteiger partial charge in [0.25, 0.3) is 0 Å². The van der Waals surface area contributed by atoms with Crippen molar-refractivity contribution in [2.75, 3.05) is 38.8 Å². The average molecular weight is 353 g/mol. The molecule has 1 heterocycles. The largest absolute Gasteiger partial charge is 0.496 e. The second kappa shape index (κ2) is 8.37. The number of guanidine groups is 1. The Kier molecular flexibility index (Phi) is 6.48. The molecule has 1 fully saturated rings. The molecule has 1 unspecified atom stereocenters. The maximum absolute atomic E-state index is 11.5. The van der Waals surface area contributed by atoms with Gasteiger partial charge in [-0.25, -0.2) is 8.42 Å². The van der Waals surface area contributed by atoms with Crippen LogP contribution in [-0.2, 0) is 16.3 Å². The summed E-state index contributed by atoms with van der Waals surface area (Å²) >= 11 is 0. The first kappa shape index (κ1) is 18.6. The molecule has 6 nitrogen and oxygen atoms in total. The second-order valence-electron chi connectivity index (χ2n) is 6.20. The summed E-state index contributed by atoms with van der Waals surface area (Å²) in [5.41, 5.74) is 2.32. The van der Waals surface area contributed by atoms with Crippen LogP contribution in [0.5, 0.6) is 5.75 Å². The van der Waals surface area contributed by atoms with Gasteiger partial charge in [-0.2, -0.15) is 0 Å². The van der Waals surface area contributed by atoms with Crippen LogP contribution in [0.25, 0.3) is 0 Å². The maximum Gasteiger partial charge on any atom is 0.190 e. The van der Waals surface area contributed by atoms with Crippen LogP contribution in [0.2, 0.25) is 0 Å². The van der Waals surface area contributed by atoms with Gasteiger partial charge in [0.2, 0.25) is 0 Å². The number of benzene rings is 1. The first-order valence-electron chi connectivity index (χ1n) is 8.22. The quantitative estimate of drug-likeness (QED) is 0.592. The normalized spacial score (nSPS) is 20.0. The van der Waals surface area contributed by atoms with Crippen molar-refractivity contribution < 1.29 is 13.2 Å². The maximum atomic E-state index is 11.5. The predicted molar refractivity (Wildman–Crippen MR) is 97.6 cm³/mol. The number of sulfone groups is 1. The minimum atomic E-state index is -2.83. The highest BCUT2D eigenvalue weighted by molar-refractivity contribution is 7.91. The zero-order chi connectivity index (χ0) is 17.6. The zero-order valence-corrected chi connectivity index (χ0v) is 15.4. The first-order valence-corrected chi connectivity index (χ1v) is 10.0. The minimum absolute atomic E-state index is 0.176. The number of ether oxygens (including phenoxy) is 1. The predicted octanol–water partition coefficient (Wildman–Crippen LogP) is 1.15. The molecule has 0 spiro atoms. The number of methoxy groups -OCH3 is 1. The average Bonchev–Trinajstić information content (AvgIpc) is 2.91. The molecule has 0 radical (unpaired) electrons. The third-order valence-corrected chi connectivity index (χ3v) is 6.12. The fourth-order valence-corrected chi connectivity index (χ4v) is 4.70. The van der Waals surface area contributed by atoms with Gasteiger partial charge >= 0.3 is 0 Å². The molecule has 2 N–H and O–H groups in total. The lowest BCUT2D eigenvalue weighted by Crippen LogP contribution is -2.40. The molecular formula is C17H27N3O3S. The van der Waals surface area contributed by atoms with Crippen LogP contribution in [0, 0.1) is 12.8 Å². The second-order valence-corrected chi connectivity index (χ2v) is 8.43. The van der Waals surface area contributed by atoms with Crippen LogP contribution in [0.3, 0.4) is 0 Å². The molecule has 2 rings (SSSR count). The summed E-state index contributed by atoms with van der Waals surface area (Å²) in [5.74, 6) is 2.37. The third kappa shape index (κ3) is 5.40. The standard InChI is InChI=1S/C17H27N3O3S/c1-13-4-5-14(10-16(13)23-3)6-8-19-17(18-2)20-11-15-7-9-24(21,22)12-15/h4-5,10,15H,6-9,11-12H2,1-3H3,(H2,18,19,20). The van der Waals surface area contributed by atoms with Crippen molar-refractivity contribution in [3.63, 3.8) is 0 Å².